The molecule has 2 amide bonds. The maximum Gasteiger partial charge on any atom is 0.323 e. The summed E-state index contributed by atoms with van der Waals surface area (Å²) in [5.41, 5.74) is 10.0. The zero-order valence-corrected chi connectivity index (χ0v) is 16.3. The number of aromatic amines is 1. The van der Waals surface area contributed by atoms with Gasteiger partial charge in [-0.15, -0.1) is 0 Å². The number of hydrogen-bond acceptors (Lipinski definition) is 5. The van der Waals surface area contributed by atoms with Crippen molar-refractivity contribution in [2.75, 3.05) is 30.3 Å². The van der Waals surface area contributed by atoms with Gasteiger partial charge in [0.2, 0.25) is 0 Å². The summed E-state index contributed by atoms with van der Waals surface area (Å²) in [5.74, 6) is 0.989. The second-order valence-corrected chi connectivity index (χ2v) is 6.54. The molecular formula is C22H21N5O3. The van der Waals surface area contributed by atoms with Gasteiger partial charge in [0.05, 0.1) is 5.39 Å². The molecule has 152 valence electrons. The van der Waals surface area contributed by atoms with E-state index in [2.05, 4.69) is 20.8 Å². The molecule has 0 aliphatic carbocycles. The summed E-state index contributed by atoms with van der Waals surface area (Å²) < 4.78 is 10.6. The highest BCUT2D eigenvalue weighted by Crippen LogP contribution is 2.36. The van der Waals surface area contributed by atoms with Crippen LogP contribution in [0, 0.1) is 0 Å². The van der Waals surface area contributed by atoms with Crippen molar-refractivity contribution in [1.29, 1.82) is 0 Å². The van der Waals surface area contributed by atoms with Gasteiger partial charge in [-0.2, -0.15) is 5.10 Å². The highest BCUT2D eigenvalue weighted by atomic mass is 16.7. The number of carbonyl (C=O) groups is 1. The number of carbonyl (C=O) groups excluding carboxylic acids is 1. The molecule has 0 spiro atoms. The molecule has 8 heteroatoms. The number of aromatic nitrogens is 2. The van der Waals surface area contributed by atoms with E-state index in [1.807, 2.05) is 66.7 Å². The maximum absolute atomic E-state index is 12.2. The maximum atomic E-state index is 12.2. The Morgan fingerprint density at radius 1 is 1.00 bits per heavy atom. The third kappa shape index (κ3) is 4.03. The Morgan fingerprint density at radius 3 is 2.40 bits per heavy atom. The average molecular weight is 403 g/mol. The number of benzene rings is 3. The van der Waals surface area contributed by atoms with Crippen LogP contribution in [0.1, 0.15) is 0 Å². The van der Waals surface area contributed by atoms with Crippen LogP contribution in [-0.2, 0) is 4.74 Å². The fraction of sp³-hybridized carbons (Fsp3) is 0.0909. The normalized spacial score (nSPS) is 10.7. The lowest BCUT2D eigenvalue weighted by atomic mass is 10.0. The van der Waals surface area contributed by atoms with Gasteiger partial charge in [-0.05, 0) is 47.5 Å². The van der Waals surface area contributed by atoms with Crippen LogP contribution in [0.3, 0.4) is 0 Å². The van der Waals surface area contributed by atoms with Crippen molar-refractivity contribution in [2.24, 2.45) is 0 Å². The number of nitrogens with two attached hydrogens (primary N) is 1. The second kappa shape index (κ2) is 8.54. The van der Waals surface area contributed by atoms with Crippen LogP contribution in [-0.4, -0.2) is 30.1 Å². The summed E-state index contributed by atoms with van der Waals surface area (Å²) in [6.07, 6.45) is 0. The van der Waals surface area contributed by atoms with Gasteiger partial charge in [-0.25, -0.2) is 4.79 Å². The first kappa shape index (κ1) is 19.3. The highest BCUT2D eigenvalue weighted by Gasteiger charge is 2.14. The SMILES string of the molecule is COCOc1ccc(-c2ccc(NC(=O)Nc3ccccc3)cc2)c2c(N)n[nH]c12. The predicted octanol–water partition coefficient (Wildman–Crippen LogP) is 4.44. The summed E-state index contributed by atoms with van der Waals surface area (Å²) in [7, 11) is 1.56. The Balaban J connectivity index is 1.55. The van der Waals surface area contributed by atoms with Gasteiger partial charge < -0.3 is 25.8 Å². The number of methoxy groups -OCH3 is 1. The Hall–Kier alpha value is -4.04. The molecule has 0 saturated heterocycles. The minimum Gasteiger partial charge on any atom is -0.465 e. The van der Waals surface area contributed by atoms with Crippen molar-refractivity contribution < 1.29 is 14.3 Å². The molecule has 30 heavy (non-hydrogen) atoms. The number of ether oxygens (including phenoxy) is 2. The van der Waals surface area contributed by atoms with E-state index in [4.69, 9.17) is 15.2 Å². The van der Waals surface area contributed by atoms with Crippen molar-refractivity contribution in [2.45, 2.75) is 0 Å². The van der Waals surface area contributed by atoms with Crippen molar-refractivity contribution in [3.63, 3.8) is 0 Å². The van der Waals surface area contributed by atoms with E-state index in [-0.39, 0.29) is 12.8 Å². The van der Waals surface area contributed by atoms with Crippen molar-refractivity contribution in [3.05, 3.63) is 66.7 Å². The number of para-hydroxylation sites is 1. The molecule has 4 rings (SSSR count). The monoisotopic (exact) mass is 403 g/mol. The molecule has 1 aromatic heterocycles. The molecule has 0 atom stereocenters. The predicted molar refractivity (Wildman–Crippen MR) is 118 cm³/mol. The second-order valence-electron chi connectivity index (χ2n) is 6.54. The average Bonchev–Trinajstić information content (AvgIpc) is 3.15. The van der Waals surface area contributed by atoms with Gasteiger partial charge >= 0.3 is 6.03 Å². The van der Waals surface area contributed by atoms with E-state index in [1.165, 1.54) is 0 Å². The number of anilines is 3. The molecule has 0 fully saturated rings. The van der Waals surface area contributed by atoms with Crippen LogP contribution < -0.4 is 21.1 Å². The number of urea groups is 1. The summed E-state index contributed by atoms with van der Waals surface area (Å²) in [6, 6.07) is 20.2. The molecule has 8 nitrogen and oxygen atoms in total. The highest BCUT2D eigenvalue weighted by molar-refractivity contribution is 6.04. The van der Waals surface area contributed by atoms with E-state index in [1.54, 1.807) is 7.11 Å². The van der Waals surface area contributed by atoms with Crippen LogP contribution in [0.5, 0.6) is 5.75 Å². The molecule has 0 radical (unpaired) electrons. The van der Waals surface area contributed by atoms with E-state index in [0.29, 0.717) is 22.8 Å². The molecule has 3 aromatic carbocycles. The third-order valence-corrected chi connectivity index (χ3v) is 4.53. The molecule has 0 saturated carbocycles. The summed E-state index contributed by atoms with van der Waals surface area (Å²) >= 11 is 0. The molecule has 4 aromatic rings. The quantitative estimate of drug-likeness (QED) is 0.355. The van der Waals surface area contributed by atoms with E-state index >= 15 is 0 Å². The lowest BCUT2D eigenvalue weighted by molar-refractivity contribution is 0.0521. The minimum absolute atomic E-state index is 0.124. The number of fused-ring (bicyclic) bond motifs is 1. The molecule has 0 unspecified atom stereocenters. The van der Waals surface area contributed by atoms with Crippen molar-refractivity contribution in [3.8, 4) is 16.9 Å². The first-order valence-corrected chi connectivity index (χ1v) is 9.27. The van der Waals surface area contributed by atoms with E-state index in [0.717, 1.165) is 22.2 Å². The molecule has 0 aliphatic heterocycles. The number of amides is 2. The standard InChI is InChI=1S/C22H21N5O3/c1-29-13-30-18-12-11-17(19-20(18)26-27-21(19)23)14-7-9-16(10-8-14)25-22(28)24-15-5-3-2-4-6-15/h2-12H,13H2,1H3,(H3,23,26,27)(H2,24,25,28). The lowest BCUT2D eigenvalue weighted by Crippen LogP contribution is -2.19. The lowest BCUT2D eigenvalue weighted by Gasteiger charge is -2.11. The van der Waals surface area contributed by atoms with Crippen LogP contribution in [0.15, 0.2) is 66.7 Å². The Kier molecular flexibility index (Phi) is 5.49. The number of nitrogens with zero attached hydrogens (tertiary/aromatic N) is 1. The first-order valence-electron chi connectivity index (χ1n) is 9.27. The fourth-order valence-electron chi connectivity index (χ4n) is 3.16. The Morgan fingerprint density at radius 2 is 1.70 bits per heavy atom. The molecule has 1 heterocycles. The van der Waals surface area contributed by atoms with Crippen molar-refractivity contribution >= 4 is 34.1 Å². The zero-order valence-electron chi connectivity index (χ0n) is 16.3. The van der Waals surface area contributed by atoms with E-state index in [9.17, 15) is 4.79 Å². The van der Waals surface area contributed by atoms with Gasteiger partial charge in [0, 0.05) is 18.5 Å². The fourth-order valence-corrected chi connectivity index (χ4v) is 3.16. The smallest absolute Gasteiger partial charge is 0.323 e. The van der Waals surface area contributed by atoms with Crippen LogP contribution in [0.4, 0.5) is 22.0 Å². The largest absolute Gasteiger partial charge is 0.465 e. The minimum atomic E-state index is -0.310. The molecular weight excluding hydrogens is 382 g/mol. The summed E-state index contributed by atoms with van der Waals surface area (Å²) in [4.78, 5) is 12.2. The van der Waals surface area contributed by atoms with Gasteiger partial charge in [0.25, 0.3) is 0 Å². The molecule has 0 aliphatic rings. The number of nitrogens with one attached hydrogen (secondary N) is 3. The van der Waals surface area contributed by atoms with Crippen LogP contribution in [0.25, 0.3) is 22.0 Å². The molecule has 5 N–H and O–H groups in total. The number of rotatable bonds is 6. The zero-order chi connectivity index (χ0) is 20.9. The first-order chi connectivity index (χ1) is 14.7. The summed E-state index contributed by atoms with van der Waals surface area (Å²) in [6.45, 7) is 0.124. The Labute approximate surface area is 173 Å². The third-order valence-electron chi connectivity index (χ3n) is 4.53. The van der Waals surface area contributed by atoms with Gasteiger partial charge in [-0.3, -0.25) is 5.10 Å². The summed E-state index contributed by atoms with van der Waals surface area (Å²) in [5, 5.41) is 13.4. The molecule has 0 bridgehead atoms. The number of nitrogen functional groups attached to an aromatic ring is 1. The topological polar surface area (TPSA) is 114 Å². The van der Waals surface area contributed by atoms with E-state index < -0.39 is 0 Å². The van der Waals surface area contributed by atoms with Crippen LogP contribution >= 0.6 is 0 Å². The van der Waals surface area contributed by atoms with Crippen molar-refractivity contribution in [1.82, 2.24) is 10.2 Å². The van der Waals surface area contributed by atoms with Crippen LogP contribution in [0.2, 0.25) is 0 Å². The number of H-pyrrole nitrogens is 1. The Bertz CT molecular complexity index is 1160. The number of hydrogen-bond donors (Lipinski definition) is 4. The van der Waals surface area contributed by atoms with Gasteiger partial charge in [0.1, 0.15) is 11.3 Å². The van der Waals surface area contributed by atoms with Gasteiger partial charge in [0.15, 0.2) is 12.6 Å². The van der Waals surface area contributed by atoms with Gasteiger partial charge in [-0.1, -0.05) is 30.3 Å².